The second-order valence-corrected chi connectivity index (χ2v) is 4.87. The molecule has 1 aliphatic carbocycles. The summed E-state index contributed by atoms with van der Waals surface area (Å²) in [6.07, 6.45) is 3.94. The van der Waals surface area contributed by atoms with Crippen molar-refractivity contribution < 1.29 is 14.3 Å². The SMILES string of the molecule is CC(C)OCCOC(=O)CC1(CN)CCC1. The van der Waals surface area contributed by atoms with Crippen molar-refractivity contribution in [1.82, 2.24) is 0 Å². The standard InChI is InChI=1S/C12H23NO3/c1-10(2)15-6-7-16-11(14)8-12(9-13)4-3-5-12/h10H,3-9,13H2,1-2H3. The van der Waals surface area contributed by atoms with E-state index in [2.05, 4.69) is 0 Å². The third-order valence-electron chi connectivity index (χ3n) is 3.16. The highest BCUT2D eigenvalue weighted by Crippen LogP contribution is 2.43. The zero-order valence-electron chi connectivity index (χ0n) is 10.3. The Bertz CT molecular complexity index is 219. The van der Waals surface area contributed by atoms with Crippen LogP contribution < -0.4 is 5.73 Å². The van der Waals surface area contributed by atoms with E-state index in [1.165, 1.54) is 6.42 Å². The van der Waals surface area contributed by atoms with Crippen LogP contribution in [0.1, 0.15) is 39.5 Å². The zero-order chi connectivity index (χ0) is 12.0. The summed E-state index contributed by atoms with van der Waals surface area (Å²) >= 11 is 0. The number of nitrogens with two attached hydrogens (primary N) is 1. The van der Waals surface area contributed by atoms with Crippen LogP contribution in [0.2, 0.25) is 0 Å². The van der Waals surface area contributed by atoms with E-state index in [4.69, 9.17) is 15.2 Å². The maximum atomic E-state index is 11.5. The highest BCUT2D eigenvalue weighted by molar-refractivity contribution is 5.70. The molecule has 1 saturated carbocycles. The Morgan fingerprint density at radius 3 is 2.50 bits per heavy atom. The molecule has 0 aliphatic heterocycles. The lowest BCUT2D eigenvalue weighted by molar-refractivity contribution is -0.149. The lowest BCUT2D eigenvalue weighted by atomic mass is 9.67. The summed E-state index contributed by atoms with van der Waals surface area (Å²) in [6.45, 7) is 5.32. The van der Waals surface area contributed by atoms with E-state index in [-0.39, 0.29) is 17.5 Å². The van der Waals surface area contributed by atoms with Crippen molar-refractivity contribution >= 4 is 5.97 Å². The van der Waals surface area contributed by atoms with Gasteiger partial charge in [-0.25, -0.2) is 0 Å². The van der Waals surface area contributed by atoms with Gasteiger partial charge in [-0.2, -0.15) is 0 Å². The van der Waals surface area contributed by atoms with Crippen LogP contribution in [0.3, 0.4) is 0 Å². The third-order valence-corrected chi connectivity index (χ3v) is 3.16. The van der Waals surface area contributed by atoms with Gasteiger partial charge in [0.1, 0.15) is 6.61 Å². The Kier molecular flexibility index (Phi) is 5.22. The average Bonchev–Trinajstić information content (AvgIpc) is 2.18. The topological polar surface area (TPSA) is 61.5 Å². The number of hydrogen-bond acceptors (Lipinski definition) is 4. The van der Waals surface area contributed by atoms with Crippen LogP contribution in [0.5, 0.6) is 0 Å². The van der Waals surface area contributed by atoms with Crippen molar-refractivity contribution in [3.63, 3.8) is 0 Å². The first-order valence-corrected chi connectivity index (χ1v) is 6.05. The molecule has 0 bridgehead atoms. The molecule has 0 heterocycles. The number of ether oxygens (including phenoxy) is 2. The van der Waals surface area contributed by atoms with Crippen molar-refractivity contribution in [2.45, 2.75) is 45.6 Å². The maximum absolute atomic E-state index is 11.5. The summed E-state index contributed by atoms with van der Waals surface area (Å²) in [5.41, 5.74) is 5.72. The zero-order valence-corrected chi connectivity index (χ0v) is 10.3. The Morgan fingerprint density at radius 2 is 2.06 bits per heavy atom. The summed E-state index contributed by atoms with van der Waals surface area (Å²) in [6, 6.07) is 0. The molecular weight excluding hydrogens is 206 g/mol. The number of carbonyl (C=O) groups is 1. The van der Waals surface area contributed by atoms with Crippen LogP contribution >= 0.6 is 0 Å². The number of carbonyl (C=O) groups excluding carboxylic acids is 1. The first kappa shape index (κ1) is 13.5. The molecule has 2 N–H and O–H groups in total. The predicted octanol–water partition coefficient (Wildman–Crippen LogP) is 1.47. The van der Waals surface area contributed by atoms with Crippen LogP contribution in [0.15, 0.2) is 0 Å². The minimum Gasteiger partial charge on any atom is -0.463 e. The van der Waals surface area contributed by atoms with Crippen molar-refractivity contribution in [2.75, 3.05) is 19.8 Å². The maximum Gasteiger partial charge on any atom is 0.306 e. The molecule has 0 atom stereocenters. The summed E-state index contributed by atoms with van der Waals surface area (Å²) in [5, 5.41) is 0. The normalized spacial score (nSPS) is 18.2. The molecule has 0 aromatic rings. The molecule has 94 valence electrons. The molecule has 4 heteroatoms. The van der Waals surface area contributed by atoms with Crippen LogP contribution in [0.25, 0.3) is 0 Å². The molecular formula is C12H23NO3. The monoisotopic (exact) mass is 229 g/mol. The summed E-state index contributed by atoms with van der Waals surface area (Å²) < 4.78 is 10.4. The molecule has 1 rings (SSSR count). The molecule has 16 heavy (non-hydrogen) atoms. The molecule has 0 unspecified atom stereocenters. The molecule has 0 radical (unpaired) electrons. The van der Waals surface area contributed by atoms with Crippen molar-refractivity contribution in [1.29, 1.82) is 0 Å². The molecule has 0 aromatic carbocycles. The van der Waals surface area contributed by atoms with Gasteiger partial charge in [0.15, 0.2) is 0 Å². The number of hydrogen-bond donors (Lipinski definition) is 1. The molecule has 0 aromatic heterocycles. The van der Waals surface area contributed by atoms with E-state index in [1.54, 1.807) is 0 Å². The Labute approximate surface area is 97.5 Å². The van der Waals surface area contributed by atoms with E-state index in [0.29, 0.717) is 26.2 Å². The van der Waals surface area contributed by atoms with E-state index in [0.717, 1.165) is 12.8 Å². The Balaban J connectivity index is 2.11. The van der Waals surface area contributed by atoms with Crippen molar-refractivity contribution in [2.24, 2.45) is 11.1 Å². The molecule has 0 spiro atoms. The third kappa shape index (κ3) is 4.10. The fourth-order valence-corrected chi connectivity index (χ4v) is 1.93. The average molecular weight is 229 g/mol. The van der Waals surface area contributed by atoms with E-state index in [1.807, 2.05) is 13.8 Å². The summed E-state index contributed by atoms with van der Waals surface area (Å²) in [4.78, 5) is 11.5. The highest BCUT2D eigenvalue weighted by atomic mass is 16.6. The summed E-state index contributed by atoms with van der Waals surface area (Å²) in [7, 11) is 0. The van der Waals surface area contributed by atoms with E-state index >= 15 is 0 Å². The minimum atomic E-state index is -0.141. The lowest BCUT2D eigenvalue weighted by Crippen LogP contribution is -2.39. The van der Waals surface area contributed by atoms with Gasteiger partial charge in [-0.1, -0.05) is 6.42 Å². The van der Waals surface area contributed by atoms with E-state index < -0.39 is 0 Å². The van der Waals surface area contributed by atoms with Gasteiger partial charge in [0.05, 0.1) is 19.1 Å². The van der Waals surface area contributed by atoms with Crippen LogP contribution in [0, 0.1) is 5.41 Å². The van der Waals surface area contributed by atoms with Gasteiger partial charge in [0.25, 0.3) is 0 Å². The Morgan fingerprint density at radius 1 is 1.38 bits per heavy atom. The van der Waals surface area contributed by atoms with Gasteiger partial charge in [-0.05, 0) is 38.6 Å². The van der Waals surface area contributed by atoms with Crippen LogP contribution in [0.4, 0.5) is 0 Å². The highest BCUT2D eigenvalue weighted by Gasteiger charge is 2.37. The minimum absolute atomic E-state index is 0.0377. The van der Waals surface area contributed by atoms with Gasteiger partial charge in [0, 0.05) is 0 Å². The Hall–Kier alpha value is -0.610. The predicted molar refractivity (Wildman–Crippen MR) is 62.0 cm³/mol. The molecule has 4 nitrogen and oxygen atoms in total. The van der Waals surface area contributed by atoms with Crippen molar-refractivity contribution in [3.05, 3.63) is 0 Å². The van der Waals surface area contributed by atoms with Gasteiger partial charge < -0.3 is 15.2 Å². The number of rotatable bonds is 7. The molecule has 1 fully saturated rings. The number of esters is 1. The second-order valence-electron chi connectivity index (χ2n) is 4.87. The van der Waals surface area contributed by atoms with Gasteiger partial charge in [0.2, 0.25) is 0 Å². The molecule has 1 aliphatic rings. The second kappa shape index (κ2) is 6.21. The van der Waals surface area contributed by atoms with Gasteiger partial charge >= 0.3 is 5.97 Å². The lowest BCUT2D eigenvalue weighted by Gasteiger charge is -2.40. The first-order valence-electron chi connectivity index (χ1n) is 6.05. The molecule has 0 amide bonds. The quantitative estimate of drug-likeness (QED) is 0.530. The van der Waals surface area contributed by atoms with E-state index in [9.17, 15) is 4.79 Å². The van der Waals surface area contributed by atoms with Crippen molar-refractivity contribution in [3.8, 4) is 0 Å². The summed E-state index contributed by atoms with van der Waals surface area (Å²) in [5.74, 6) is -0.141. The first-order chi connectivity index (χ1) is 7.58. The molecule has 0 saturated heterocycles. The fourth-order valence-electron chi connectivity index (χ4n) is 1.93. The van der Waals surface area contributed by atoms with Gasteiger partial charge in [-0.15, -0.1) is 0 Å². The van der Waals surface area contributed by atoms with Crippen LogP contribution in [-0.2, 0) is 14.3 Å². The van der Waals surface area contributed by atoms with Gasteiger partial charge in [-0.3, -0.25) is 4.79 Å². The largest absolute Gasteiger partial charge is 0.463 e. The smallest absolute Gasteiger partial charge is 0.306 e. The fraction of sp³-hybridized carbons (Fsp3) is 0.917. The van der Waals surface area contributed by atoms with Crippen LogP contribution in [-0.4, -0.2) is 31.8 Å².